The Hall–Kier alpha value is -8.35. The van der Waals surface area contributed by atoms with Crippen molar-refractivity contribution in [3.05, 3.63) is 218 Å². The first-order valence-electron chi connectivity index (χ1n) is 20.3. The third-order valence-corrected chi connectivity index (χ3v) is 11.1. The van der Waals surface area contributed by atoms with Gasteiger partial charge in [-0.05, 0) is 65.7 Å². The molecule has 0 spiro atoms. The maximum absolute atomic E-state index is 5.12. The van der Waals surface area contributed by atoms with Crippen LogP contribution in [0.25, 0.3) is 107 Å². The average molecular weight is 781 g/mol. The molecular formula is C55H36N6. The quantitative estimate of drug-likeness (QED) is 0.154. The topological polar surface area (TPSA) is 69.4 Å². The first kappa shape index (κ1) is 35.8. The average Bonchev–Trinajstić information content (AvgIpc) is 3.69. The monoisotopic (exact) mass is 780 g/mol. The molecule has 0 bridgehead atoms. The molecule has 61 heavy (non-hydrogen) atoms. The highest BCUT2D eigenvalue weighted by molar-refractivity contribution is 6.09. The molecule has 0 radical (unpaired) electrons. The van der Waals surface area contributed by atoms with Gasteiger partial charge in [-0.15, -0.1) is 0 Å². The van der Waals surface area contributed by atoms with Crippen LogP contribution in [0, 0.1) is 0 Å². The van der Waals surface area contributed by atoms with Crippen molar-refractivity contribution in [3.8, 4) is 84.9 Å². The summed E-state index contributed by atoms with van der Waals surface area (Å²) < 4.78 is 2.32. The van der Waals surface area contributed by atoms with Crippen LogP contribution in [0.1, 0.15) is 0 Å². The summed E-state index contributed by atoms with van der Waals surface area (Å²) in [5, 5.41) is 2.46. The van der Waals surface area contributed by atoms with E-state index in [1.54, 1.807) is 0 Å². The van der Waals surface area contributed by atoms with Gasteiger partial charge in [0.25, 0.3) is 0 Å². The molecule has 0 fully saturated rings. The summed E-state index contributed by atoms with van der Waals surface area (Å²) in [6.07, 6.45) is 0. The highest BCUT2D eigenvalue weighted by atomic mass is 15.0. The van der Waals surface area contributed by atoms with Gasteiger partial charge in [0.2, 0.25) is 0 Å². The van der Waals surface area contributed by atoms with E-state index >= 15 is 0 Å². The van der Waals surface area contributed by atoms with Crippen molar-refractivity contribution in [1.29, 1.82) is 0 Å². The van der Waals surface area contributed by atoms with Crippen LogP contribution in [0.2, 0.25) is 0 Å². The van der Waals surface area contributed by atoms with Gasteiger partial charge in [0.1, 0.15) is 0 Å². The van der Waals surface area contributed by atoms with Crippen LogP contribution < -0.4 is 0 Å². The van der Waals surface area contributed by atoms with E-state index < -0.39 is 0 Å². The van der Waals surface area contributed by atoms with E-state index in [9.17, 15) is 0 Å². The van der Waals surface area contributed by atoms with Crippen molar-refractivity contribution in [1.82, 2.24) is 29.5 Å². The van der Waals surface area contributed by atoms with Crippen LogP contribution >= 0.6 is 0 Å². The van der Waals surface area contributed by atoms with Gasteiger partial charge in [0.15, 0.2) is 23.3 Å². The minimum absolute atomic E-state index is 0.601. The summed E-state index contributed by atoms with van der Waals surface area (Å²) in [7, 11) is 0. The van der Waals surface area contributed by atoms with E-state index in [0.29, 0.717) is 23.3 Å². The Bertz CT molecular complexity index is 3230. The van der Waals surface area contributed by atoms with E-state index in [0.717, 1.165) is 61.6 Å². The number of nitrogens with zero attached hydrogens (tertiary/aromatic N) is 6. The summed E-state index contributed by atoms with van der Waals surface area (Å²) in [6, 6.07) is 75.1. The fraction of sp³-hybridized carbons (Fsp3) is 0. The Morgan fingerprint density at radius 1 is 0.246 bits per heavy atom. The van der Waals surface area contributed by atoms with Crippen molar-refractivity contribution in [2.45, 2.75) is 0 Å². The fourth-order valence-corrected chi connectivity index (χ4v) is 8.07. The lowest BCUT2D eigenvalue weighted by Crippen LogP contribution is -2.00. The summed E-state index contributed by atoms with van der Waals surface area (Å²) >= 11 is 0. The maximum atomic E-state index is 5.12. The molecular weight excluding hydrogens is 745 g/mol. The molecule has 0 aliphatic carbocycles. The normalized spacial score (nSPS) is 11.3. The molecule has 3 heterocycles. The predicted molar refractivity (Wildman–Crippen MR) is 248 cm³/mol. The molecule has 0 amide bonds. The lowest BCUT2D eigenvalue weighted by Gasteiger charge is -2.12. The number of hydrogen-bond donors (Lipinski definition) is 0. The van der Waals surface area contributed by atoms with Gasteiger partial charge in [-0.1, -0.05) is 164 Å². The van der Waals surface area contributed by atoms with E-state index in [4.69, 9.17) is 24.9 Å². The molecule has 0 aliphatic heterocycles. The molecule has 0 unspecified atom stereocenters. The highest BCUT2D eigenvalue weighted by Crippen LogP contribution is 2.35. The Morgan fingerprint density at radius 2 is 0.623 bits per heavy atom. The zero-order chi connectivity index (χ0) is 40.5. The smallest absolute Gasteiger partial charge is 0.164 e. The lowest BCUT2D eigenvalue weighted by molar-refractivity contribution is 1.07. The summed E-state index contributed by atoms with van der Waals surface area (Å²) in [6.45, 7) is 0. The van der Waals surface area contributed by atoms with Crippen molar-refractivity contribution < 1.29 is 0 Å². The standard InChI is InChI=1S/C55H36N6/c1-4-16-37(17-5-1)48-36-49(57-52(56-48)38-18-6-2-7-19-38)43-24-14-22-41(34-43)42-23-15-25-44(35-42)55-59-53(39-20-8-3-9-21-39)58-54(60-55)40-30-32-45(33-31-40)61-50-28-12-10-26-46(50)47-27-11-13-29-51(47)61/h1-36H. The largest absolute Gasteiger partial charge is 0.309 e. The minimum atomic E-state index is 0.601. The molecule has 6 heteroatoms. The molecule has 0 saturated heterocycles. The summed E-state index contributed by atoms with van der Waals surface area (Å²) in [5.41, 5.74) is 13.0. The summed E-state index contributed by atoms with van der Waals surface area (Å²) in [5.74, 6) is 2.51. The van der Waals surface area contributed by atoms with Gasteiger partial charge in [0.05, 0.1) is 22.4 Å². The number of rotatable bonds is 8. The highest BCUT2D eigenvalue weighted by Gasteiger charge is 2.16. The van der Waals surface area contributed by atoms with Crippen LogP contribution in [0.15, 0.2) is 218 Å². The third kappa shape index (κ3) is 6.92. The van der Waals surface area contributed by atoms with Crippen molar-refractivity contribution >= 4 is 21.8 Å². The maximum Gasteiger partial charge on any atom is 0.164 e. The van der Waals surface area contributed by atoms with Gasteiger partial charge >= 0.3 is 0 Å². The van der Waals surface area contributed by atoms with Gasteiger partial charge in [-0.25, -0.2) is 24.9 Å². The molecule has 0 aliphatic rings. The van der Waals surface area contributed by atoms with Gasteiger partial charge in [-0.3, -0.25) is 0 Å². The van der Waals surface area contributed by atoms with Gasteiger partial charge in [-0.2, -0.15) is 0 Å². The van der Waals surface area contributed by atoms with E-state index in [1.165, 1.54) is 21.8 Å². The Labute approximate surface area is 353 Å². The van der Waals surface area contributed by atoms with Gasteiger partial charge in [0, 0.05) is 49.8 Å². The Morgan fingerprint density at radius 3 is 1.18 bits per heavy atom. The van der Waals surface area contributed by atoms with E-state index in [1.807, 2.05) is 78.9 Å². The molecule has 0 N–H and O–H groups in total. The zero-order valence-corrected chi connectivity index (χ0v) is 33.0. The number of aromatic nitrogens is 6. The molecule has 8 aromatic carbocycles. The zero-order valence-electron chi connectivity index (χ0n) is 33.0. The van der Waals surface area contributed by atoms with Crippen molar-refractivity contribution in [2.75, 3.05) is 0 Å². The SMILES string of the molecule is c1ccc(-c2cc(-c3cccc(-c4cccc(-c5nc(-c6ccccc6)nc(-c6ccc(-n7c8ccccc8c8ccccc87)cc6)n5)c4)c3)nc(-c3ccccc3)n2)cc1. The molecule has 11 rings (SSSR count). The second-order valence-corrected chi connectivity index (χ2v) is 14.9. The van der Waals surface area contributed by atoms with Crippen molar-refractivity contribution in [2.24, 2.45) is 0 Å². The third-order valence-electron chi connectivity index (χ3n) is 11.1. The molecule has 6 nitrogen and oxygen atoms in total. The molecule has 3 aromatic heterocycles. The molecule has 286 valence electrons. The second kappa shape index (κ2) is 15.4. The molecule has 0 atom stereocenters. The van der Waals surface area contributed by atoms with Crippen molar-refractivity contribution in [3.63, 3.8) is 0 Å². The Balaban J connectivity index is 0.976. The number of hydrogen-bond acceptors (Lipinski definition) is 5. The fourth-order valence-electron chi connectivity index (χ4n) is 8.07. The van der Waals surface area contributed by atoms with E-state index in [-0.39, 0.29) is 0 Å². The minimum Gasteiger partial charge on any atom is -0.309 e. The first-order chi connectivity index (χ1) is 30.2. The first-order valence-corrected chi connectivity index (χ1v) is 20.3. The van der Waals surface area contributed by atoms with Crippen LogP contribution in [0.3, 0.4) is 0 Å². The summed E-state index contributed by atoms with van der Waals surface area (Å²) in [4.78, 5) is 25.3. The number of fused-ring (bicyclic) bond motifs is 3. The number of benzene rings is 8. The lowest BCUT2D eigenvalue weighted by atomic mass is 9.99. The molecule has 0 saturated carbocycles. The second-order valence-electron chi connectivity index (χ2n) is 14.9. The molecule has 11 aromatic rings. The Kier molecular flexibility index (Phi) is 9.06. The van der Waals surface area contributed by atoms with Crippen LogP contribution in [0.4, 0.5) is 0 Å². The number of para-hydroxylation sites is 2. The predicted octanol–water partition coefficient (Wildman–Crippen LogP) is 13.4. The van der Waals surface area contributed by atoms with Gasteiger partial charge < -0.3 is 4.57 Å². The van der Waals surface area contributed by atoms with Crippen LogP contribution in [-0.4, -0.2) is 29.5 Å². The van der Waals surface area contributed by atoms with E-state index in [2.05, 4.69) is 144 Å². The van der Waals surface area contributed by atoms with Crippen LogP contribution in [0.5, 0.6) is 0 Å². The van der Waals surface area contributed by atoms with Crippen LogP contribution in [-0.2, 0) is 0 Å².